The van der Waals surface area contributed by atoms with Gasteiger partial charge in [0, 0.05) is 23.4 Å². The van der Waals surface area contributed by atoms with Gasteiger partial charge in [-0.3, -0.25) is 0 Å². The molecule has 3 aromatic heterocycles. The molecule has 0 aliphatic heterocycles. The van der Waals surface area contributed by atoms with E-state index in [4.69, 9.17) is 4.42 Å². The summed E-state index contributed by atoms with van der Waals surface area (Å²) in [4.78, 5) is 4.33. The Balaban J connectivity index is 1.59. The Morgan fingerprint density at radius 3 is 2.41 bits per heavy atom. The average Bonchev–Trinajstić information content (AvgIpc) is 3.36. The lowest BCUT2D eigenvalue weighted by Crippen LogP contribution is -1.95. The molecule has 2 aromatic carbocycles. The van der Waals surface area contributed by atoms with Crippen molar-refractivity contribution in [1.82, 2.24) is 24.8 Å². The summed E-state index contributed by atoms with van der Waals surface area (Å²) >= 11 is 0. The van der Waals surface area contributed by atoms with Crippen LogP contribution in [0.25, 0.3) is 39.9 Å². The lowest BCUT2D eigenvalue weighted by Gasteiger charge is -2.03. The lowest BCUT2D eigenvalue weighted by atomic mass is 10.1. The minimum Gasteiger partial charge on any atom is -0.415 e. The highest BCUT2D eigenvalue weighted by molar-refractivity contribution is 5.65. The third-order valence-electron chi connectivity index (χ3n) is 4.16. The first-order valence-electron chi connectivity index (χ1n) is 8.28. The predicted octanol–water partition coefficient (Wildman–Crippen LogP) is 4.25. The van der Waals surface area contributed by atoms with Gasteiger partial charge in [-0.15, -0.1) is 10.2 Å². The summed E-state index contributed by atoms with van der Waals surface area (Å²) in [5.41, 5.74) is 3.60. The number of hydrogen-bond donors (Lipinski definition) is 0. The van der Waals surface area contributed by atoms with Gasteiger partial charge < -0.3 is 4.42 Å². The fraction of sp³-hybridized carbons (Fsp3) is 0. The van der Waals surface area contributed by atoms with Gasteiger partial charge in [-0.25, -0.2) is 13.9 Å². The van der Waals surface area contributed by atoms with Gasteiger partial charge in [-0.1, -0.05) is 18.2 Å². The number of nitrogens with zero attached hydrogens (tertiary/aromatic N) is 5. The molecule has 0 amide bonds. The Hall–Kier alpha value is -3.87. The fourth-order valence-corrected chi connectivity index (χ4v) is 2.86. The number of rotatable bonds is 3. The number of aromatic nitrogens is 5. The van der Waals surface area contributed by atoms with E-state index in [0.717, 1.165) is 16.8 Å². The molecule has 27 heavy (non-hydrogen) atoms. The molecule has 0 fully saturated rings. The van der Waals surface area contributed by atoms with Crippen LogP contribution in [-0.4, -0.2) is 24.8 Å². The van der Waals surface area contributed by atoms with Crippen molar-refractivity contribution in [2.75, 3.05) is 0 Å². The van der Waals surface area contributed by atoms with E-state index in [0.29, 0.717) is 23.1 Å². The first-order valence-corrected chi connectivity index (χ1v) is 8.28. The number of hydrogen-bond acceptors (Lipinski definition) is 5. The van der Waals surface area contributed by atoms with Crippen LogP contribution in [0.1, 0.15) is 0 Å². The summed E-state index contributed by atoms with van der Waals surface area (Å²) in [6.45, 7) is 0. The van der Waals surface area contributed by atoms with E-state index in [1.807, 2.05) is 36.4 Å². The first-order chi connectivity index (χ1) is 13.3. The maximum absolute atomic E-state index is 13.2. The summed E-state index contributed by atoms with van der Waals surface area (Å²) in [5, 5.41) is 12.8. The summed E-state index contributed by atoms with van der Waals surface area (Å²) in [7, 11) is 0. The summed E-state index contributed by atoms with van der Waals surface area (Å²) < 4.78 is 20.7. The second kappa shape index (κ2) is 6.14. The summed E-state index contributed by atoms with van der Waals surface area (Å²) in [6, 6.07) is 19.3. The normalized spacial score (nSPS) is 11.1. The van der Waals surface area contributed by atoms with Crippen LogP contribution >= 0.6 is 0 Å². The molecule has 5 rings (SSSR count). The van der Waals surface area contributed by atoms with Crippen molar-refractivity contribution in [3.8, 4) is 34.3 Å². The Bertz CT molecular complexity index is 1230. The molecule has 0 radical (unpaired) electrons. The second-order valence-electron chi connectivity index (χ2n) is 5.91. The molecule has 7 heteroatoms. The van der Waals surface area contributed by atoms with E-state index >= 15 is 0 Å². The maximum Gasteiger partial charge on any atom is 0.268 e. The summed E-state index contributed by atoms with van der Waals surface area (Å²) in [5.74, 6) is 0.447. The van der Waals surface area contributed by atoms with Crippen LogP contribution in [0, 0.1) is 5.82 Å². The largest absolute Gasteiger partial charge is 0.415 e. The van der Waals surface area contributed by atoms with Crippen LogP contribution in [0.5, 0.6) is 0 Å². The van der Waals surface area contributed by atoms with Crippen LogP contribution in [0.15, 0.2) is 77.3 Å². The van der Waals surface area contributed by atoms with Crippen LogP contribution in [0.3, 0.4) is 0 Å². The highest BCUT2D eigenvalue weighted by Gasteiger charge is 2.15. The van der Waals surface area contributed by atoms with Gasteiger partial charge >= 0.3 is 0 Å². The van der Waals surface area contributed by atoms with Crippen LogP contribution in [0.4, 0.5) is 4.39 Å². The molecule has 6 nitrogen and oxygen atoms in total. The quantitative estimate of drug-likeness (QED) is 0.483. The van der Waals surface area contributed by atoms with Gasteiger partial charge in [0.15, 0.2) is 11.3 Å². The van der Waals surface area contributed by atoms with Crippen molar-refractivity contribution in [3.63, 3.8) is 0 Å². The van der Waals surface area contributed by atoms with Gasteiger partial charge in [0.25, 0.3) is 5.89 Å². The van der Waals surface area contributed by atoms with Gasteiger partial charge in [0.2, 0.25) is 5.89 Å². The van der Waals surface area contributed by atoms with Crippen molar-refractivity contribution >= 4 is 5.65 Å². The number of benzene rings is 2. The van der Waals surface area contributed by atoms with Crippen molar-refractivity contribution in [3.05, 3.63) is 78.7 Å². The molecular formula is C20H12FN5O. The molecule has 5 aromatic rings. The van der Waals surface area contributed by atoms with Crippen molar-refractivity contribution in [2.45, 2.75) is 0 Å². The fourth-order valence-electron chi connectivity index (χ4n) is 2.86. The SMILES string of the molecule is Fc1ccc(-c2ccnc3cc(-c4nnc(-c5ccccc5)o4)nn23)cc1. The molecular weight excluding hydrogens is 345 g/mol. The molecule has 0 saturated heterocycles. The first kappa shape index (κ1) is 15.4. The van der Waals surface area contributed by atoms with E-state index in [9.17, 15) is 4.39 Å². The van der Waals surface area contributed by atoms with Gasteiger partial charge in [0.05, 0.1) is 5.69 Å². The minimum atomic E-state index is -0.287. The van der Waals surface area contributed by atoms with E-state index in [-0.39, 0.29) is 5.82 Å². The molecule has 3 heterocycles. The molecule has 0 atom stereocenters. The molecule has 0 spiro atoms. The number of fused-ring (bicyclic) bond motifs is 1. The highest BCUT2D eigenvalue weighted by atomic mass is 19.1. The van der Waals surface area contributed by atoms with E-state index < -0.39 is 0 Å². The second-order valence-corrected chi connectivity index (χ2v) is 5.91. The van der Waals surface area contributed by atoms with Gasteiger partial charge in [-0.05, 0) is 42.5 Å². The zero-order valence-corrected chi connectivity index (χ0v) is 14.0. The van der Waals surface area contributed by atoms with Crippen molar-refractivity contribution < 1.29 is 8.81 Å². The van der Waals surface area contributed by atoms with E-state index in [1.165, 1.54) is 12.1 Å². The smallest absolute Gasteiger partial charge is 0.268 e. The standard InChI is InChI=1S/C20H12FN5O/c21-15-8-6-13(7-9-15)17-10-11-22-18-12-16(25-26(17)18)20-24-23-19(27-20)14-4-2-1-3-5-14/h1-12H. The molecule has 0 N–H and O–H groups in total. The Labute approximate surface area is 152 Å². The third kappa shape index (κ3) is 2.75. The number of halogens is 1. The molecule has 0 unspecified atom stereocenters. The Morgan fingerprint density at radius 2 is 1.59 bits per heavy atom. The van der Waals surface area contributed by atoms with Crippen molar-refractivity contribution in [1.29, 1.82) is 0 Å². The molecule has 0 bridgehead atoms. The molecule has 0 aliphatic carbocycles. The monoisotopic (exact) mass is 357 g/mol. The topological polar surface area (TPSA) is 69.1 Å². The van der Waals surface area contributed by atoms with E-state index in [2.05, 4.69) is 20.3 Å². The zero-order chi connectivity index (χ0) is 18.2. The molecule has 0 aliphatic rings. The van der Waals surface area contributed by atoms with Gasteiger partial charge in [0.1, 0.15) is 5.82 Å². The molecule has 0 saturated carbocycles. The molecule has 130 valence electrons. The van der Waals surface area contributed by atoms with Crippen LogP contribution < -0.4 is 0 Å². The third-order valence-corrected chi connectivity index (χ3v) is 4.16. The van der Waals surface area contributed by atoms with Crippen molar-refractivity contribution in [2.24, 2.45) is 0 Å². The Morgan fingerprint density at radius 1 is 0.815 bits per heavy atom. The highest BCUT2D eigenvalue weighted by Crippen LogP contribution is 2.26. The van der Waals surface area contributed by atoms with Crippen LogP contribution in [-0.2, 0) is 0 Å². The minimum absolute atomic E-state index is 0.287. The van der Waals surface area contributed by atoms with Gasteiger partial charge in [-0.2, -0.15) is 5.10 Å². The van der Waals surface area contributed by atoms with E-state index in [1.54, 1.807) is 28.9 Å². The van der Waals surface area contributed by atoms with Crippen LogP contribution in [0.2, 0.25) is 0 Å². The average molecular weight is 357 g/mol. The lowest BCUT2D eigenvalue weighted by molar-refractivity contribution is 0.581. The maximum atomic E-state index is 13.2. The summed E-state index contributed by atoms with van der Waals surface area (Å²) in [6.07, 6.45) is 1.68. The Kier molecular flexibility index (Phi) is 3.50. The zero-order valence-electron chi connectivity index (χ0n) is 14.0. The predicted molar refractivity (Wildman–Crippen MR) is 97.1 cm³/mol.